The maximum Gasteiger partial charge on any atom is 0.416 e. The monoisotopic (exact) mass is 402 g/mol. The number of benzene rings is 1. The summed E-state index contributed by atoms with van der Waals surface area (Å²) in [6.07, 6.45) is -0.891. The van der Waals surface area contributed by atoms with Crippen LogP contribution in [0.3, 0.4) is 0 Å². The number of nitriles is 1. The van der Waals surface area contributed by atoms with Crippen LogP contribution < -0.4 is 15.4 Å². The van der Waals surface area contributed by atoms with E-state index in [1.165, 1.54) is 18.5 Å². The van der Waals surface area contributed by atoms with Gasteiger partial charge in [0.15, 0.2) is 0 Å². The normalized spacial score (nSPS) is 19.5. The fourth-order valence-electron chi connectivity index (χ4n) is 3.46. The van der Waals surface area contributed by atoms with E-state index in [1.807, 2.05) is 4.90 Å². The molecular formula is C19H17F3N6O. The smallest absolute Gasteiger partial charge is 0.416 e. The summed E-state index contributed by atoms with van der Waals surface area (Å²) in [6.45, 7) is 1.01. The van der Waals surface area contributed by atoms with E-state index in [0.29, 0.717) is 41.9 Å². The number of aromatic nitrogens is 3. The van der Waals surface area contributed by atoms with Crippen LogP contribution in [0.2, 0.25) is 0 Å². The molecular weight excluding hydrogens is 385 g/mol. The Morgan fingerprint density at radius 2 is 2.17 bits per heavy atom. The van der Waals surface area contributed by atoms with Crippen LogP contribution in [0.1, 0.15) is 17.5 Å². The highest BCUT2D eigenvalue weighted by Crippen LogP contribution is 2.33. The average Bonchev–Trinajstić information content (AvgIpc) is 3.30. The van der Waals surface area contributed by atoms with E-state index in [4.69, 9.17) is 10.5 Å². The van der Waals surface area contributed by atoms with Crippen LogP contribution in [0.25, 0.3) is 11.0 Å². The van der Waals surface area contributed by atoms with Crippen molar-refractivity contribution in [2.24, 2.45) is 5.73 Å². The molecule has 0 amide bonds. The highest BCUT2D eigenvalue weighted by atomic mass is 19.4. The number of hydrogen-bond donors (Lipinski definition) is 2. The van der Waals surface area contributed by atoms with Gasteiger partial charge in [-0.2, -0.15) is 18.4 Å². The molecule has 0 spiro atoms. The van der Waals surface area contributed by atoms with Gasteiger partial charge >= 0.3 is 6.18 Å². The van der Waals surface area contributed by atoms with E-state index < -0.39 is 17.3 Å². The third-order valence-electron chi connectivity index (χ3n) is 4.94. The number of halogens is 3. The van der Waals surface area contributed by atoms with E-state index in [1.54, 1.807) is 6.20 Å². The van der Waals surface area contributed by atoms with Crippen LogP contribution >= 0.6 is 0 Å². The number of nitrogens with zero attached hydrogens (tertiary/aromatic N) is 4. The van der Waals surface area contributed by atoms with E-state index in [9.17, 15) is 18.4 Å². The molecule has 1 unspecified atom stereocenters. The predicted molar refractivity (Wildman–Crippen MR) is 99.3 cm³/mol. The van der Waals surface area contributed by atoms with Gasteiger partial charge in [0.05, 0.1) is 22.1 Å². The topological polar surface area (TPSA) is 104 Å². The Labute approximate surface area is 163 Å². The molecule has 150 valence electrons. The first-order chi connectivity index (χ1) is 13.8. The fourth-order valence-corrected chi connectivity index (χ4v) is 3.46. The number of fused-ring (bicyclic) bond motifs is 1. The number of nitrogens with two attached hydrogens (primary N) is 1. The molecule has 3 heterocycles. The molecule has 2 aromatic heterocycles. The molecule has 3 N–H and O–H groups in total. The summed E-state index contributed by atoms with van der Waals surface area (Å²) in [5.74, 6) is 0.712. The van der Waals surface area contributed by atoms with Gasteiger partial charge in [0.2, 0.25) is 0 Å². The second-order valence-corrected chi connectivity index (χ2v) is 7.08. The quantitative estimate of drug-likeness (QED) is 0.696. The van der Waals surface area contributed by atoms with Crippen LogP contribution in [-0.4, -0.2) is 40.2 Å². The van der Waals surface area contributed by atoms with Crippen LogP contribution in [0.15, 0.2) is 36.8 Å². The minimum Gasteiger partial charge on any atom is -0.492 e. The van der Waals surface area contributed by atoms with Crippen molar-refractivity contribution in [1.29, 1.82) is 5.26 Å². The number of aromatic amines is 1. The van der Waals surface area contributed by atoms with Gasteiger partial charge in [0.25, 0.3) is 0 Å². The highest BCUT2D eigenvalue weighted by Gasteiger charge is 2.37. The standard InChI is InChI=1S/C19H17F3N6O/c20-19(21,22)13-2-1-3-14(6-13)29-10-18(24)4-5-28(9-18)17-15-12(7-23)8-25-16(15)26-11-27-17/h1-3,6,8,11H,4-5,9-10,24H2,(H,25,26,27). The molecule has 0 radical (unpaired) electrons. The molecule has 0 aliphatic carbocycles. The molecule has 1 aromatic carbocycles. The Morgan fingerprint density at radius 3 is 2.93 bits per heavy atom. The molecule has 1 aliphatic rings. The molecule has 0 bridgehead atoms. The van der Waals surface area contributed by atoms with E-state index in [2.05, 4.69) is 21.0 Å². The van der Waals surface area contributed by atoms with Gasteiger partial charge < -0.3 is 20.4 Å². The van der Waals surface area contributed by atoms with E-state index in [0.717, 1.165) is 12.1 Å². The molecule has 1 aliphatic heterocycles. The summed E-state index contributed by atoms with van der Waals surface area (Å²) in [7, 11) is 0. The highest BCUT2D eigenvalue weighted by molar-refractivity contribution is 5.93. The Hall–Kier alpha value is -3.32. The number of anilines is 1. The van der Waals surface area contributed by atoms with Gasteiger partial charge in [-0.3, -0.25) is 0 Å². The Kier molecular flexibility index (Phi) is 4.55. The van der Waals surface area contributed by atoms with Gasteiger partial charge in [-0.15, -0.1) is 0 Å². The van der Waals surface area contributed by atoms with Gasteiger partial charge in [0, 0.05) is 19.3 Å². The number of H-pyrrole nitrogens is 1. The summed E-state index contributed by atoms with van der Waals surface area (Å²) < 4.78 is 44.2. The third kappa shape index (κ3) is 3.69. The van der Waals surface area contributed by atoms with Crippen molar-refractivity contribution in [3.05, 3.63) is 47.9 Å². The van der Waals surface area contributed by atoms with Crippen molar-refractivity contribution in [2.45, 2.75) is 18.1 Å². The first kappa shape index (κ1) is 19.0. The van der Waals surface area contributed by atoms with Crippen LogP contribution in [0.4, 0.5) is 19.0 Å². The van der Waals surface area contributed by atoms with Gasteiger partial charge in [0.1, 0.15) is 36.2 Å². The summed E-state index contributed by atoms with van der Waals surface area (Å²) in [5.41, 5.74) is 5.90. The molecule has 10 heteroatoms. The zero-order valence-corrected chi connectivity index (χ0v) is 15.2. The van der Waals surface area contributed by atoms with Crippen molar-refractivity contribution in [3.8, 4) is 11.8 Å². The molecule has 0 saturated carbocycles. The van der Waals surface area contributed by atoms with Gasteiger partial charge in [-0.05, 0) is 24.6 Å². The zero-order chi connectivity index (χ0) is 20.6. The molecule has 1 saturated heterocycles. The van der Waals surface area contributed by atoms with Crippen LogP contribution in [0, 0.1) is 11.3 Å². The number of ether oxygens (including phenoxy) is 1. The largest absolute Gasteiger partial charge is 0.492 e. The molecule has 4 rings (SSSR count). The summed E-state index contributed by atoms with van der Waals surface area (Å²) in [4.78, 5) is 13.3. The SMILES string of the molecule is N#Cc1c[nH]c2ncnc(N3CCC(N)(COc4cccc(C(F)(F)F)c4)C3)c12. The second kappa shape index (κ2) is 6.93. The predicted octanol–water partition coefficient (Wildman–Crippen LogP) is 2.83. The minimum absolute atomic E-state index is 0.0529. The second-order valence-electron chi connectivity index (χ2n) is 7.08. The van der Waals surface area contributed by atoms with Crippen LogP contribution in [-0.2, 0) is 6.18 Å². The van der Waals surface area contributed by atoms with Crippen molar-refractivity contribution >= 4 is 16.9 Å². The van der Waals surface area contributed by atoms with Crippen molar-refractivity contribution in [1.82, 2.24) is 15.0 Å². The lowest BCUT2D eigenvalue weighted by Crippen LogP contribution is -2.48. The number of hydrogen-bond acceptors (Lipinski definition) is 6. The Balaban J connectivity index is 1.50. The van der Waals surface area contributed by atoms with Crippen molar-refractivity contribution in [3.63, 3.8) is 0 Å². The van der Waals surface area contributed by atoms with E-state index >= 15 is 0 Å². The van der Waals surface area contributed by atoms with Gasteiger partial charge in [-0.25, -0.2) is 9.97 Å². The van der Waals surface area contributed by atoms with Crippen LogP contribution in [0.5, 0.6) is 5.75 Å². The Morgan fingerprint density at radius 1 is 1.34 bits per heavy atom. The lowest BCUT2D eigenvalue weighted by molar-refractivity contribution is -0.137. The Bertz CT molecular complexity index is 1090. The minimum atomic E-state index is -4.43. The number of alkyl halides is 3. The summed E-state index contributed by atoms with van der Waals surface area (Å²) in [5, 5.41) is 9.94. The van der Waals surface area contributed by atoms with E-state index in [-0.39, 0.29) is 12.4 Å². The summed E-state index contributed by atoms with van der Waals surface area (Å²) >= 11 is 0. The maximum absolute atomic E-state index is 12.9. The van der Waals surface area contributed by atoms with Crippen molar-refractivity contribution < 1.29 is 17.9 Å². The third-order valence-corrected chi connectivity index (χ3v) is 4.94. The first-order valence-electron chi connectivity index (χ1n) is 8.85. The van der Waals surface area contributed by atoms with Crippen molar-refractivity contribution in [2.75, 3.05) is 24.6 Å². The lowest BCUT2D eigenvalue weighted by atomic mass is 10.0. The molecule has 29 heavy (non-hydrogen) atoms. The molecule has 7 nitrogen and oxygen atoms in total. The number of rotatable bonds is 4. The molecule has 3 aromatic rings. The maximum atomic E-state index is 12.9. The zero-order valence-electron chi connectivity index (χ0n) is 15.2. The molecule has 1 fully saturated rings. The lowest BCUT2D eigenvalue weighted by Gasteiger charge is -2.25. The number of nitrogens with one attached hydrogen (secondary N) is 1. The first-order valence-corrected chi connectivity index (χ1v) is 8.85. The summed E-state index contributed by atoms with van der Waals surface area (Å²) in [6, 6.07) is 6.84. The molecule has 1 atom stereocenters. The fraction of sp³-hybridized carbons (Fsp3) is 0.316. The van der Waals surface area contributed by atoms with Gasteiger partial charge in [-0.1, -0.05) is 6.07 Å². The average molecular weight is 402 g/mol.